The van der Waals surface area contributed by atoms with Crippen molar-refractivity contribution in [1.29, 1.82) is 0 Å². The van der Waals surface area contributed by atoms with Crippen molar-refractivity contribution in [3.63, 3.8) is 0 Å². The Morgan fingerprint density at radius 3 is 2.43 bits per heavy atom. The Labute approximate surface area is 125 Å². The molecule has 1 aromatic rings. The zero-order valence-electron chi connectivity index (χ0n) is 12.4. The van der Waals surface area contributed by atoms with E-state index >= 15 is 0 Å². The summed E-state index contributed by atoms with van der Waals surface area (Å²) in [4.78, 5) is 4.63. The monoisotopic (exact) mass is 287 g/mol. The summed E-state index contributed by atoms with van der Waals surface area (Å²) in [6.45, 7) is 4.03. The molecule has 1 aliphatic carbocycles. The fourth-order valence-electron chi connectivity index (χ4n) is 2.92. The summed E-state index contributed by atoms with van der Waals surface area (Å²) in [7, 11) is 2.13. The fraction of sp³-hybridized carbons (Fsp3) is 0.412. The number of halogens is 1. The number of nitrogens with two attached hydrogens (primary N) is 1. The Morgan fingerprint density at radius 2 is 1.76 bits per heavy atom. The maximum absolute atomic E-state index is 14.7. The fourth-order valence-corrected chi connectivity index (χ4v) is 2.92. The minimum atomic E-state index is -1.78. The number of allylic oxidation sites excluding steroid dienone is 1. The number of hydrogen-bond donors (Lipinski definition) is 1. The molecule has 21 heavy (non-hydrogen) atoms. The Balaban J connectivity index is 1.88. The van der Waals surface area contributed by atoms with Crippen LogP contribution >= 0.6 is 0 Å². The van der Waals surface area contributed by atoms with Crippen LogP contribution in [0.5, 0.6) is 0 Å². The first-order valence-corrected chi connectivity index (χ1v) is 7.45. The smallest absolute Gasteiger partial charge is 0.189 e. The summed E-state index contributed by atoms with van der Waals surface area (Å²) in [6.07, 6.45) is 4.08. The van der Waals surface area contributed by atoms with E-state index in [4.69, 9.17) is 5.73 Å². The van der Waals surface area contributed by atoms with E-state index in [0.29, 0.717) is 5.57 Å². The van der Waals surface area contributed by atoms with Gasteiger partial charge >= 0.3 is 0 Å². The van der Waals surface area contributed by atoms with Gasteiger partial charge in [0.1, 0.15) is 0 Å². The molecule has 3 nitrogen and oxygen atoms in total. The molecule has 1 saturated heterocycles. The highest BCUT2D eigenvalue weighted by atomic mass is 19.1. The van der Waals surface area contributed by atoms with E-state index in [2.05, 4.69) is 16.8 Å². The van der Waals surface area contributed by atoms with Crippen molar-refractivity contribution in [2.45, 2.75) is 12.2 Å². The van der Waals surface area contributed by atoms with Crippen molar-refractivity contribution in [3.05, 3.63) is 53.7 Å². The number of nitrogens with zero attached hydrogens (tertiary/aromatic N) is 2. The molecule has 3 rings (SSSR count). The van der Waals surface area contributed by atoms with Gasteiger partial charge in [0.25, 0.3) is 0 Å². The molecule has 0 bridgehead atoms. The maximum atomic E-state index is 14.7. The van der Waals surface area contributed by atoms with Crippen LogP contribution in [0.4, 0.5) is 4.39 Å². The lowest BCUT2D eigenvalue weighted by atomic mass is 9.89. The van der Waals surface area contributed by atoms with Crippen LogP contribution in [-0.2, 0) is 0 Å². The molecule has 1 fully saturated rings. The second-order valence-corrected chi connectivity index (χ2v) is 5.91. The summed E-state index contributed by atoms with van der Waals surface area (Å²) >= 11 is 0. The molecule has 0 amide bonds. The van der Waals surface area contributed by atoms with Crippen LogP contribution in [0.1, 0.15) is 12.0 Å². The van der Waals surface area contributed by atoms with Crippen molar-refractivity contribution in [2.24, 2.45) is 5.73 Å². The second-order valence-electron chi connectivity index (χ2n) is 5.91. The lowest BCUT2D eigenvalue weighted by Crippen LogP contribution is -2.45. The van der Waals surface area contributed by atoms with Crippen molar-refractivity contribution in [1.82, 2.24) is 9.80 Å². The second kappa shape index (κ2) is 5.62. The van der Waals surface area contributed by atoms with Crippen LogP contribution in [0.15, 0.2) is 48.2 Å². The average Bonchev–Trinajstić information content (AvgIpc) is 2.49. The van der Waals surface area contributed by atoms with Crippen LogP contribution in [0.25, 0.3) is 5.57 Å². The minimum Gasteiger partial charge on any atom is -0.369 e. The predicted octanol–water partition coefficient (Wildman–Crippen LogP) is 2.23. The number of rotatable bonds is 2. The summed E-state index contributed by atoms with van der Waals surface area (Å²) in [5, 5.41) is 0. The van der Waals surface area contributed by atoms with Gasteiger partial charge in [-0.05, 0) is 18.7 Å². The number of alkyl halides is 1. The predicted molar refractivity (Wildman–Crippen MR) is 84.2 cm³/mol. The molecule has 0 radical (unpaired) electrons. The van der Waals surface area contributed by atoms with E-state index in [0.717, 1.165) is 37.4 Å². The maximum Gasteiger partial charge on any atom is 0.189 e. The standard InChI is InChI=1S/C17H22FN3/c1-20-9-11-21(12-10-20)15-7-8-17(18,19)16(13-15)14-5-3-2-4-6-14/h2-7,13H,8-12,19H2,1H3. The van der Waals surface area contributed by atoms with Gasteiger partial charge in [0.15, 0.2) is 5.79 Å². The van der Waals surface area contributed by atoms with Crippen LogP contribution in [0, 0.1) is 0 Å². The van der Waals surface area contributed by atoms with Gasteiger partial charge in [-0.15, -0.1) is 0 Å². The molecule has 1 aromatic carbocycles. The Morgan fingerprint density at radius 1 is 1.10 bits per heavy atom. The van der Waals surface area contributed by atoms with Gasteiger partial charge in [-0.25, -0.2) is 4.39 Å². The molecule has 2 N–H and O–H groups in total. The van der Waals surface area contributed by atoms with Crippen molar-refractivity contribution in [3.8, 4) is 0 Å². The van der Waals surface area contributed by atoms with Crippen molar-refractivity contribution < 1.29 is 4.39 Å². The zero-order valence-corrected chi connectivity index (χ0v) is 12.4. The van der Waals surface area contributed by atoms with Gasteiger partial charge in [-0.2, -0.15) is 0 Å². The van der Waals surface area contributed by atoms with Gasteiger partial charge in [0.2, 0.25) is 0 Å². The number of piperazine rings is 1. The van der Waals surface area contributed by atoms with E-state index in [1.165, 1.54) is 0 Å². The van der Waals surface area contributed by atoms with E-state index in [1.807, 2.05) is 42.5 Å². The molecule has 2 aliphatic rings. The average molecular weight is 287 g/mol. The van der Waals surface area contributed by atoms with Crippen LogP contribution in [0.3, 0.4) is 0 Å². The van der Waals surface area contributed by atoms with Crippen LogP contribution < -0.4 is 5.73 Å². The lowest BCUT2D eigenvalue weighted by molar-refractivity contribution is 0.186. The molecule has 0 saturated carbocycles. The van der Waals surface area contributed by atoms with Gasteiger partial charge in [-0.1, -0.05) is 36.4 Å². The SMILES string of the molecule is CN1CCN(C2=CCC(N)(F)C(c3ccccc3)=C2)CC1. The first kappa shape index (κ1) is 14.3. The molecule has 1 unspecified atom stereocenters. The summed E-state index contributed by atoms with van der Waals surface area (Å²) in [5.41, 5.74) is 8.41. The first-order valence-electron chi connectivity index (χ1n) is 7.45. The topological polar surface area (TPSA) is 32.5 Å². The first-order chi connectivity index (χ1) is 10.1. The zero-order chi connectivity index (χ0) is 14.9. The van der Waals surface area contributed by atoms with E-state index < -0.39 is 5.79 Å². The molecule has 112 valence electrons. The third-order valence-corrected chi connectivity index (χ3v) is 4.30. The third kappa shape index (κ3) is 3.01. The van der Waals surface area contributed by atoms with E-state index in [9.17, 15) is 4.39 Å². The minimum absolute atomic E-state index is 0.232. The van der Waals surface area contributed by atoms with Crippen molar-refractivity contribution in [2.75, 3.05) is 33.2 Å². The van der Waals surface area contributed by atoms with Crippen molar-refractivity contribution >= 4 is 5.57 Å². The Hall–Kier alpha value is -1.65. The van der Waals surface area contributed by atoms with E-state index in [1.54, 1.807) is 0 Å². The molecule has 4 heteroatoms. The Kier molecular flexibility index (Phi) is 3.83. The summed E-state index contributed by atoms with van der Waals surface area (Å²) in [6, 6.07) is 9.60. The molecular formula is C17H22FN3. The lowest BCUT2D eigenvalue weighted by Gasteiger charge is -2.37. The van der Waals surface area contributed by atoms with Gasteiger partial charge in [0, 0.05) is 43.9 Å². The van der Waals surface area contributed by atoms with Gasteiger partial charge in [0.05, 0.1) is 0 Å². The molecule has 1 atom stereocenters. The summed E-state index contributed by atoms with van der Waals surface area (Å²) in [5.74, 6) is -1.78. The van der Waals surface area contributed by atoms with Gasteiger partial charge < -0.3 is 9.80 Å². The molecule has 0 spiro atoms. The summed E-state index contributed by atoms with van der Waals surface area (Å²) < 4.78 is 14.7. The number of likely N-dealkylation sites (N-methyl/N-ethyl adjacent to an activating group) is 1. The molecule has 1 aliphatic heterocycles. The molecular weight excluding hydrogens is 265 g/mol. The van der Waals surface area contributed by atoms with E-state index in [-0.39, 0.29) is 6.42 Å². The Bertz CT molecular complexity index is 555. The highest BCUT2D eigenvalue weighted by Gasteiger charge is 2.33. The largest absolute Gasteiger partial charge is 0.369 e. The number of benzene rings is 1. The quantitative estimate of drug-likeness (QED) is 0.847. The van der Waals surface area contributed by atoms with Crippen LogP contribution in [-0.4, -0.2) is 48.8 Å². The normalized spacial score (nSPS) is 27.3. The number of hydrogen-bond acceptors (Lipinski definition) is 3. The molecule has 1 heterocycles. The third-order valence-electron chi connectivity index (χ3n) is 4.30. The highest BCUT2D eigenvalue weighted by Crippen LogP contribution is 2.35. The van der Waals surface area contributed by atoms with Crippen LogP contribution in [0.2, 0.25) is 0 Å². The highest BCUT2D eigenvalue weighted by molar-refractivity contribution is 5.75. The molecule has 0 aromatic heterocycles. The van der Waals surface area contributed by atoms with Gasteiger partial charge in [-0.3, -0.25) is 5.73 Å².